The number of carbonyl (C=O) groups excluding carboxylic acids is 1. The third kappa shape index (κ3) is 5.62. The molecule has 3 rings (SSSR count). The van der Waals surface area contributed by atoms with Crippen LogP contribution in [0.25, 0.3) is 0 Å². The van der Waals surface area contributed by atoms with E-state index in [0.29, 0.717) is 36.6 Å². The quantitative estimate of drug-likeness (QED) is 0.644. The SMILES string of the molecule is C=CCc1cc(C(=O)NCC2CN(Cc3ccccc3)CCO2)cc(OC)c1OC. The Morgan fingerprint density at radius 1 is 1.27 bits per heavy atom. The maximum Gasteiger partial charge on any atom is 0.251 e. The van der Waals surface area contributed by atoms with Crippen LogP contribution in [0.3, 0.4) is 0 Å². The highest BCUT2D eigenvalue weighted by atomic mass is 16.5. The summed E-state index contributed by atoms with van der Waals surface area (Å²) in [7, 11) is 3.15. The second-order valence-electron chi connectivity index (χ2n) is 7.29. The number of nitrogens with one attached hydrogen (secondary N) is 1. The Labute approximate surface area is 178 Å². The standard InChI is InChI=1S/C24H30N2O4/c1-4-8-19-13-20(14-22(28-2)23(19)29-3)24(27)25-15-21-17-26(11-12-30-21)16-18-9-6-5-7-10-18/h4-7,9-10,13-14,21H,1,8,11-12,15-17H2,2-3H3,(H,25,27). The first-order chi connectivity index (χ1) is 14.6. The summed E-state index contributed by atoms with van der Waals surface area (Å²) in [6.45, 7) is 7.44. The fourth-order valence-corrected chi connectivity index (χ4v) is 3.68. The average Bonchev–Trinajstić information content (AvgIpc) is 2.78. The lowest BCUT2D eigenvalue weighted by Gasteiger charge is -2.33. The summed E-state index contributed by atoms with van der Waals surface area (Å²) in [6, 6.07) is 13.9. The molecule has 1 heterocycles. The molecule has 0 aromatic heterocycles. The van der Waals surface area contributed by atoms with E-state index in [2.05, 4.69) is 41.1 Å². The first-order valence-electron chi connectivity index (χ1n) is 10.2. The van der Waals surface area contributed by atoms with Crippen LogP contribution in [-0.4, -0.2) is 57.4 Å². The maximum absolute atomic E-state index is 12.8. The summed E-state index contributed by atoms with van der Waals surface area (Å²) in [4.78, 5) is 15.1. The average molecular weight is 411 g/mol. The van der Waals surface area contributed by atoms with Gasteiger partial charge in [0, 0.05) is 37.3 Å². The van der Waals surface area contributed by atoms with Crippen molar-refractivity contribution in [3.63, 3.8) is 0 Å². The lowest BCUT2D eigenvalue weighted by Crippen LogP contribution is -2.47. The zero-order chi connectivity index (χ0) is 21.3. The molecule has 0 aliphatic carbocycles. The van der Waals surface area contributed by atoms with E-state index in [0.717, 1.165) is 25.2 Å². The molecule has 2 aromatic carbocycles. The minimum Gasteiger partial charge on any atom is -0.493 e. The first-order valence-corrected chi connectivity index (χ1v) is 10.2. The molecule has 1 saturated heterocycles. The Morgan fingerprint density at radius 3 is 2.77 bits per heavy atom. The second-order valence-corrected chi connectivity index (χ2v) is 7.29. The van der Waals surface area contributed by atoms with Crippen molar-refractivity contribution in [1.29, 1.82) is 0 Å². The first kappa shape index (κ1) is 21.9. The molecule has 1 amide bonds. The molecule has 0 radical (unpaired) electrons. The molecule has 6 nitrogen and oxygen atoms in total. The predicted molar refractivity (Wildman–Crippen MR) is 117 cm³/mol. The third-order valence-corrected chi connectivity index (χ3v) is 5.14. The number of amides is 1. The number of nitrogens with zero attached hydrogens (tertiary/aromatic N) is 1. The van der Waals surface area contributed by atoms with Crippen molar-refractivity contribution >= 4 is 5.91 Å². The largest absolute Gasteiger partial charge is 0.493 e. The molecule has 1 atom stereocenters. The molecule has 0 saturated carbocycles. The monoisotopic (exact) mass is 410 g/mol. The van der Waals surface area contributed by atoms with Crippen LogP contribution < -0.4 is 14.8 Å². The highest BCUT2D eigenvalue weighted by Crippen LogP contribution is 2.33. The van der Waals surface area contributed by atoms with Crippen LogP contribution in [0, 0.1) is 0 Å². The van der Waals surface area contributed by atoms with Gasteiger partial charge in [-0.25, -0.2) is 0 Å². The van der Waals surface area contributed by atoms with Crippen molar-refractivity contribution in [1.82, 2.24) is 10.2 Å². The molecule has 160 valence electrons. The van der Waals surface area contributed by atoms with Gasteiger partial charge in [-0.1, -0.05) is 36.4 Å². The van der Waals surface area contributed by atoms with Crippen LogP contribution in [0.4, 0.5) is 0 Å². The van der Waals surface area contributed by atoms with Gasteiger partial charge in [-0.2, -0.15) is 0 Å². The molecule has 1 N–H and O–H groups in total. The summed E-state index contributed by atoms with van der Waals surface area (Å²) < 4.78 is 16.7. The van der Waals surface area contributed by atoms with Gasteiger partial charge in [-0.3, -0.25) is 9.69 Å². The fraction of sp³-hybridized carbons (Fsp3) is 0.375. The van der Waals surface area contributed by atoms with E-state index in [1.807, 2.05) is 12.1 Å². The van der Waals surface area contributed by atoms with Crippen molar-refractivity contribution in [2.24, 2.45) is 0 Å². The summed E-state index contributed by atoms with van der Waals surface area (Å²) >= 11 is 0. The number of carbonyl (C=O) groups is 1. The normalized spacial score (nSPS) is 16.7. The summed E-state index contributed by atoms with van der Waals surface area (Å²) in [5.74, 6) is 0.996. The number of methoxy groups -OCH3 is 2. The Balaban J connectivity index is 1.60. The van der Waals surface area contributed by atoms with Gasteiger partial charge in [0.1, 0.15) is 0 Å². The van der Waals surface area contributed by atoms with Crippen LogP contribution in [0.5, 0.6) is 11.5 Å². The van der Waals surface area contributed by atoms with Gasteiger partial charge < -0.3 is 19.5 Å². The van der Waals surface area contributed by atoms with Gasteiger partial charge in [0.2, 0.25) is 0 Å². The Morgan fingerprint density at radius 2 is 2.07 bits per heavy atom. The van der Waals surface area contributed by atoms with Crippen molar-refractivity contribution in [2.45, 2.75) is 19.1 Å². The minimum absolute atomic E-state index is 0.0424. The Hall–Kier alpha value is -2.83. The number of allylic oxidation sites excluding steroid dienone is 1. The van der Waals surface area contributed by atoms with E-state index < -0.39 is 0 Å². The highest BCUT2D eigenvalue weighted by molar-refractivity contribution is 5.95. The molecule has 2 aromatic rings. The van der Waals surface area contributed by atoms with E-state index in [1.165, 1.54) is 5.56 Å². The lowest BCUT2D eigenvalue weighted by molar-refractivity contribution is -0.0292. The van der Waals surface area contributed by atoms with Crippen molar-refractivity contribution in [3.05, 3.63) is 71.8 Å². The highest BCUT2D eigenvalue weighted by Gasteiger charge is 2.22. The molecule has 0 bridgehead atoms. The minimum atomic E-state index is -0.162. The predicted octanol–water partition coefficient (Wildman–Crippen LogP) is 3.06. The molecule has 1 fully saturated rings. The summed E-state index contributed by atoms with van der Waals surface area (Å²) in [5, 5.41) is 3.00. The molecular weight excluding hydrogens is 380 g/mol. The Bertz CT molecular complexity index is 854. The smallest absolute Gasteiger partial charge is 0.251 e. The van der Waals surface area contributed by atoms with E-state index >= 15 is 0 Å². The van der Waals surface area contributed by atoms with Gasteiger partial charge in [-0.15, -0.1) is 6.58 Å². The number of hydrogen-bond donors (Lipinski definition) is 1. The van der Waals surface area contributed by atoms with Gasteiger partial charge in [0.25, 0.3) is 5.91 Å². The van der Waals surface area contributed by atoms with Crippen LogP contribution in [0.15, 0.2) is 55.1 Å². The van der Waals surface area contributed by atoms with Crippen molar-refractivity contribution < 1.29 is 19.0 Å². The molecule has 1 aliphatic rings. The van der Waals surface area contributed by atoms with E-state index in [1.54, 1.807) is 26.4 Å². The van der Waals surface area contributed by atoms with E-state index in [-0.39, 0.29) is 12.0 Å². The van der Waals surface area contributed by atoms with Crippen LogP contribution >= 0.6 is 0 Å². The van der Waals surface area contributed by atoms with E-state index in [9.17, 15) is 4.79 Å². The maximum atomic E-state index is 12.8. The summed E-state index contributed by atoms with van der Waals surface area (Å²) in [5.41, 5.74) is 2.67. The zero-order valence-corrected chi connectivity index (χ0v) is 17.7. The van der Waals surface area contributed by atoms with Gasteiger partial charge in [-0.05, 0) is 24.1 Å². The van der Waals surface area contributed by atoms with Gasteiger partial charge in [0.05, 0.1) is 26.9 Å². The number of rotatable bonds is 9. The molecule has 0 spiro atoms. The van der Waals surface area contributed by atoms with Crippen LogP contribution in [0.1, 0.15) is 21.5 Å². The number of morpholine rings is 1. The number of hydrogen-bond acceptors (Lipinski definition) is 5. The Kier molecular flexibility index (Phi) is 7.88. The van der Waals surface area contributed by atoms with Crippen molar-refractivity contribution in [3.8, 4) is 11.5 Å². The van der Waals surface area contributed by atoms with Gasteiger partial charge >= 0.3 is 0 Å². The summed E-state index contributed by atoms with van der Waals surface area (Å²) in [6.07, 6.45) is 2.32. The number of benzene rings is 2. The number of ether oxygens (including phenoxy) is 3. The zero-order valence-electron chi connectivity index (χ0n) is 17.7. The fourth-order valence-electron chi connectivity index (χ4n) is 3.68. The molecular formula is C24H30N2O4. The molecule has 1 unspecified atom stereocenters. The topological polar surface area (TPSA) is 60.0 Å². The third-order valence-electron chi connectivity index (χ3n) is 5.14. The van der Waals surface area contributed by atoms with Gasteiger partial charge in [0.15, 0.2) is 11.5 Å². The molecule has 1 aliphatic heterocycles. The second kappa shape index (κ2) is 10.8. The van der Waals surface area contributed by atoms with Crippen LogP contribution in [-0.2, 0) is 17.7 Å². The van der Waals surface area contributed by atoms with E-state index in [4.69, 9.17) is 14.2 Å². The molecule has 6 heteroatoms. The van der Waals surface area contributed by atoms with Crippen LogP contribution in [0.2, 0.25) is 0 Å². The van der Waals surface area contributed by atoms with Crippen molar-refractivity contribution in [2.75, 3.05) is 40.5 Å². The lowest BCUT2D eigenvalue weighted by atomic mass is 10.0. The molecule has 30 heavy (non-hydrogen) atoms.